The lowest BCUT2D eigenvalue weighted by Crippen LogP contribution is -2.52. The lowest BCUT2D eigenvalue weighted by Gasteiger charge is -2.27. The maximum absolute atomic E-state index is 12.4. The van der Waals surface area contributed by atoms with E-state index in [9.17, 15) is 19.5 Å². The Labute approximate surface area is 142 Å². The largest absolute Gasteiger partial charge is 0.391 e. The predicted molar refractivity (Wildman–Crippen MR) is 89.6 cm³/mol. The van der Waals surface area contributed by atoms with Gasteiger partial charge >= 0.3 is 0 Å². The predicted octanol–water partition coefficient (Wildman–Crippen LogP) is -0.908. The maximum Gasteiger partial charge on any atom is 0.243 e. The first-order valence-electron chi connectivity index (χ1n) is 8.46. The van der Waals surface area contributed by atoms with Crippen LogP contribution in [0.3, 0.4) is 0 Å². The molecule has 0 aliphatic carbocycles. The molecule has 1 heterocycles. The van der Waals surface area contributed by atoms with Gasteiger partial charge in [-0.1, -0.05) is 13.8 Å². The van der Waals surface area contributed by atoms with Crippen molar-refractivity contribution in [3.8, 4) is 0 Å². The van der Waals surface area contributed by atoms with Crippen molar-refractivity contribution in [2.75, 3.05) is 6.54 Å². The van der Waals surface area contributed by atoms with E-state index in [1.54, 1.807) is 0 Å². The Morgan fingerprint density at radius 2 is 1.92 bits per heavy atom. The number of primary amides is 1. The fourth-order valence-corrected chi connectivity index (χ4v) is 2.87. The highest BCUT2D eigenvalue weighted by molar-refractivity contribution is 5.91. The average molecular weight is 342 g/mol. The van der Waals surface area contributed by atoms with Gasteiger partial charge in [0.1, 0.15) is 12.1 Å². The Kier molecular flexibility index (Phi) is 7.62. The molecular formula is C16H30N4O4. The van der Waals surface area contributed by atoms with Gasteiger partial charge in [-0.3, -0.25) is 14.4 Å². The molecule has 1 aliphatic rings. The van der Waals surface area contributed by atoms with Crippen LogP contribution in [0.2, 0.25) is 0 Å². The molecule has 0 unspecified atom stereocenters. The van der Waals surface area contributed by atoms with E-state index in [-0.39, 0.29) is 12.3 Å². The smallest absolute Gasteiger partial charge is 0.243 e. The molecule has 0 aromatic heterocycles. The molecule has 1 rings (SSSR count). The van der Waals surface area contributed by atoms with Crippen LogP contribution in [0.25, 0.3) is 0 Å². The first kappa shape index (κ1) is 20.4. The van der Waals surface area contributed by atoms with Crippen LogP contribution in [0, 0.1) is 5.92 Å². The molecular weight excluding hydrogens is 312 g/mol. The molecule has 3 amide bonds. The van der Waals surface area contributed by atoms with Gasteiger partial charge in [-0.05, 0) is 32.1 Å². The molecule has 0 bridgehead atoms. The standard InChI is InChI=1S/C16H30N4O4/c1-9(2)7-11(17)13(21)8-14(22)20-6-4-5-12(20)16(24)19-10(3)15(18)23/h9-13,21H,4-8,17H2,1-3H3,(H2,18,23)(H,19,24)/t10-,11-,12-,13+/m0/s1. The fourth-order valence-electron chi connectivity index (χ4n) is 2.87. The number of hydrogen-bond donors (Lipinski definition) is 4. The van der Waals surface area contributed by atoms with E-state index in [2.05, 4.69) is 5.32 Å². The molecule has 0 aromatic rings. The van der Waals surface area contributed by atoms with Crippen LogP contribution in [-0.2, 0) is 14.4 Å². The average Bonchev–Trinajstić information content (AvgIpc) is 2.95. The van der Waals surface area contributed by atoms with Gasteiger partial charge in [-0.2, -0.15) is 0 Å². The number of aliphatic hydroxyl groups excluding tert-OH is 1. The second-order valence-corrected chi connectivity index (χ2v) is 6.94. The summed E-state index contributed by atoms with van der Waals surface area (Å²) >= 11 is 0. The summed E-state index contributed by atoms with van der Waals surface area (Å²) in [6, 6.07) is -1.90. The third-order valence-electron chi connectivity index (χ3n) is 4.28. The highest BCUT2D eigenvalue weighted by Gasteiger charge is 2.36. The fraction of sp³-hybridized carbons (Fsp3) is 0.812. The highest BCUT2D eigenvalue weighted by Crippen LogP contribution is 2.20. The van der Waals surface area contributed by atoms with Crippen LogP contribution in [-0.4, -0.2) is 58.5 Å². The lowest BCUT2D eigenvalue weighted by atomic mass is 9.98. The number of carbonyl (C=O) groups excluding carboxylic acids is 3. The van der Waals surface area contributed by atoms with Crippen LogP contribution in [0.15, 0.2) is 0 Å². The summed E-state index contributed by atoms with van der Waals surface area (Å²) in [5, 5.41) is 12.6. The molecule has 1 fully saturated rings. The minimum absolute atomic E-state index is 0.108. The number of aliphatic hydroxyl groups is 1. The summed E-state index contributed by atoms with van der Waals surface area (Å²) < 4.78 is 0. The molecule has 138 valence electrons. The molecule has 0 spiro atoms. The van der Waals surface area contributed by atoms with E-state index >= 15 is 0 Å². The number of hydrogen-bond acceptors (Lipinski definition) is 5. The lowest BCUT2D eigenvalue weighted by molar-refractivity contribution is -0.140. The van der Waals surface area contributed by atoms with Crippen LogP contribution < -0.4 is 16.8 Å². The van der Waals surface area contributed by atoms with Crippen LogP contribution in [0.4, 0.5) is 0 Å². The quantitative estimate of drug-likeness (QED) is 0.452. The molecule has 1 saturated heterocycles. The van der Waals surface area contributed by atoms with E-state index in [4.69, 9.17) is 11.5 Å². The molecule has 6 N–H and O–H groups in total. The number of amides is 3. The first-order chi connectivity index (χ1) is 11.1. The molecule has 0 radical (unpaired) electrons. The van der Waals surface area contributed by atoms with E-state index in [1.165, 1.54) is 11.8 Å². The monoisotopic (exact) mass is 342 g/mol. The number of nitrogens with one attached hydrogen (secondary N) is 1. The molecule has 4 atom stereocenters. The van der Waals surface area contributed by atoms with Crippen molar-refractivity contribution in [2.45, 2.75) is 70.7 Å². The Morgan fingerprint density at radius 3 is 2.46 bits per heavy atom. The normalized spacial score (nSPS) is 21.4. The summed E-state index contributed by atoms with van der Waals surface area (Å²) in [6.07, 6.45) is 0.797. The zero-order chi connectivity index (χ0) is 18.4. The summed E-state index contributed by atoms with van der Waals surface area (Å²) in [7, 11) is 0. The number of likely N-dealkylation sites (tertiary alicyclic amines) is 1. The summed E-state index contributed by atoms with van der Waals surface area (Å²) in [5.41, 5.74) is 11.0. The van der Waals surface area contributed by atoms with Crippen LogP contribution >= 0.6 is 0 Å². The van der Waals surface area contributed by atoms with Gasteiger partial charge in [0.15, 0.2) is 0 Å². The van der Waals surface area contributed by atoms with Crippen molar-refractivity contribution in [1.29, 1.82) is 0 Å². The van der Waals surface area contributed by atoms with E-state index in [0.717, 1.165) is 0 Å². The molecule has 8 heteroatoms. The maximum atomic E-state index is 12.4. The van der Waals surface area contributed by atoms with Crippen LogP contribution in [0.5, 0.6) is 0 Å². The first-order valence-corrected chi connectivity index (χ1v) is 8.46. The van der Waals surface area contributed by atoms with Gasteiger partial charge in [-0.25, -0.2) is 0 Å². The molecule has 0 aromatic carbocycles. The Hall–Kier alpha value is -1.67. The summed E-state index contributed by atoms with van der Waals surface area (Å²) in [4.78, 5) is 37.2. The number of nitrogens with zero attached hydrogens (tertiary/aromatic N) is 1. The zero-order valence-electron chi connectivity index (χ0n) is 14.7. The van der Waals surface area contributed by atoms with Gasteiger partial charge in [0.05, 0.1) is 12.5 Å². The number of nitrogens with two attached hydrogens (primary N) is 2. The second-order valence-electron chi connectivity index (χ2n) is 6.94. The Morgan fingerprint density at radius 1 is 1.29 bits per heavy atom. The van der Waals surface area contributed by atoms with Gasteiger partial charge in [0, 0.05) is 12.6 Å². The van der Waals surface area contributed by atoms with E-state index < -0.39 is 36.0 Å². The third-order valence-corrected chi connectivity index (χ3v) is 4.28. The third kappa shape index (κ3) is 5.76. The van der Waals surface area contributed by atoms with Crippen molar-refractivity contribution in [2.24, 2.45) is 17.4 Å². The van der Waals surface area contributed by atoms with Gasteiger partial charge in [0.25, 0.3) is 0 Å². The number of rotatable bonds is 8. The van der Waals surface area contributed by atoms with Gasteiger partial charge in [-0.15, -0.1) is 0 Å². The number of carbonyl (C=O) groups is 3. The van der Waals surface area contributed by atoms with Crippen molar-refractivity contribution >= 4 is 17.7 Å². The Bertz CT molecular complexity index is 469. The molecule has 24 heavy (non-hydrogen) atoms. The molecule has 0 saturated carbocycles. The zero-order valence-corrected chi connectivity index (χ0v) is 14.7. The summed E-state index contributed by atoms with van der Waals surface area (Å²) in [5.74, 6) is -1.00. The van der Waals surface area contributed by atoms with E-state index in [1.807, 2.05) is 13.8 Å². The molecule has 8 nitrogen and oxygen atoms in total. The second kappa shape index (κ2) is 8.98. The van der Waals surface area contributed by atoms with Crippen molar-refractivity contribution < 1.29 is 19.5 Å². The summed E-state index contributed by atoms with van der Waals surface area (Å²) in [6.45, 7) is 5.94. The van der Waals surface area contributed by atoms with Gasteiger partial charge < -0.3 is 26.8 Å². The van der Waals surface area contributed by atoms with Crippen molar-refractivity contribution in [1.82, 2.24) is 10.2 Å². The van der Waals surface area contributed by atoms with Crippen molar-refractivity contribution in [3.63, 3.8) is 0 Å². The van der Waals surface area contributed by atoms with Gasteiger partial charge in [0.2, 0.25) is 17.7 Å². The SMILES string of the molecule is CC(C)C[C@H](N)[C@H](O)CC(=O)N1CCC[C@H]1C(=O)N[C@@H](C)C(N)=O. The minimum atomic E-state index is -0.936. The topological polar surface area (TPSA) is 139 Å². The minimum Gasteiger partial charge on any atom is -0.391 e. The van der Waals surface area contributed by atoms with Crippen LogP contribution in [0.1, 0.15) is 46.5 Å². The van der Waals surface area contributed by atoms with E-state index in [0.29, 0.717) is 31.7 Å². The molecule has 1 aliphatic heterocycles. The Balaban J connectivity index is 2.62. The highest BCUT2D eigenvalue weighted by atomic mass is 16.3. The van der Waals surface area contributed by atoms with Crippen molar-refractivity contribution in [3.05, 3.63) is 0 Å².